The maximum atomic E-state index is 13.2. The SMILES string of the molecule is COc1ncccc1-c1cnn2ccc(C3CNCCN3C(=O)[C@@H](N)C(C)(C)C)nc12. The minimum Gasteiger partial charge on any atom is -0.481 e. The first-order valence-electron chi connectivity index (χ1n) is 10.4. The largest absolute Gasteiger partial charge is 0.481 e. The number of hydrogen-bond acceptors (Lipinski definition) is 7. The number of carbonyl (C=O) groups is 1. The van der Waals surface area contributed by atoms with Gasteiger partial charge in [0.1, 0.15) is 0 Å². The fraction of sp³-hybridized carbons (Fsp3) is 0.455. The Morgan fingerprint density at radius 2 is 2.13 bits per heavy atom. The lowest BCUT2D eigenvalue weighted by Crippen LogP contribution is -2.56. The molecule has 9 nitrogen and oxygen atoms in total. The molecule has 4 rings (SSSR count). The van der Waals surface area contributed by atoms with E-state index in [-0.39, 0.29) is 17.4 Å². The van der Waals surface area contributed by atoms with E-state index in [9.17, 15) is 4.79 Å². The van der Waals surface area contributed by atoms with E-state index in [0.29, 0.717) is 24.6 Å². The van der Waals surface area contributed by atoms with Crippen LogP contribution in [0.1, 0.15) is 32.5 Å². The molecular formula is C22H29N7O2. The van der Waals surface area contributed by atoms with Crippen LogP contribution in [-0.2, 0) is 4.79 Å². The fourth-order valence-electron chi connectivity index (χ4n) is 3.80. The van der Waals surface area contributed by atoms with Crippen molar-refractivity contribution in [3.8, 4) is 17.0 Å². The van der Waals surface area contributed by atoms with Crippen LogP contribution in [0.25, 0.3) is 16.8 Å². The van der Waals surface area contributed by atoms with Crippen LogP contribution in [0, 0.1) is 5.41 Å². The van der Waals surface area contributed by atoms with Gasteiger partial charge in [-0.05, 0) is 23.6 Å². The molecule has 9 heteroatoms. The minimum atomic E-state index is -0.581. The van der Waals surface area contributed by atoms with Crippen LogP contribution in [0.4, 0.5) is 0 Å². The van der Waals surface area contributed by atoms with Gasteiger partial charge in [0.2, 0.25) is 11.8 Å². The van der Waals surface area contributed by atoms with Gasteiger partial charge in [0, 0.05) is 37.6 Å². The van der Waals surface area contributed by atoms with E-state index >= 15 is 0 Å². The highest BCUT2D eigenvalue weighted by atomic mass is 16.5. The molecule has 1 unspecified atom stereocenters. The van der Waals surface area contributed by atoms with Crippen molar-refractivity contribution in [1.29, 1.82) is 0 Å². The quantitative estimate of drug-likeness (QED) is 0.656. The molecule has 1 aliphatic rings. The van der Waals surface area contributed by atoms with Crippen LogP contribution < -0.4 is 15.8 Å². The number of pyridine rings is 1. The highest BCUT2D eigenvalue weighted by molar-refractivity contribution is 5.83. The van der Waals surface area contributed by atoms with Gasteiger partial charge in [0.25, 0.3) is 0 Å². The molecule has 2 atom stereocenters. The van der Waals surface area contributed by atoms with E-state index < -0.39 is 6.04 Å². The second-order valence-corrected chi connectivity index (χ2v) is 8.83. The van der Waals surface area contributed by atoms with Crippen LogP contribution in [0.15, 0.2) is 36.8 Å². The van der Waals surface area contributed by atoms with Crippen LogP contribution >= 0.6 is 0 Å². The number of nitrogens with two attached hydrogens (primary N) is 1. The summed E-state index contributed by atoms with van der Waals surface area (Å²) in [5.41, 5.74) is 9.09. The summed E-state index contributed by atoms with van der Waals surface area (Å²) in [7, 11) is 1.59. The zero-order valence-corrected chi connectivity index (χ0v) is 18.4. The number of methoxy groups -OCH3 is 1. The van der Waals surface area contributed by atoms with Crippen LogP contribution in [0.2, 0.25) is 0 Å². The number of amides is 1. The van der Waals surface area contributed by atoms with Crippen molar-refractivity contribution in [2.75, 3.05) is 26.7 Å². The maximum absolute atomic E-state index is 13.2. The zero-order chi connectivity index (χ0) is 22.2. The second kappa shape index (κ2) is 8.24. The Balaban J connectivity index is 1.74. The van der Waals surface area contributed by atoms with Crippen molar-refractivity contribution in [1.82, 2.24) is 29.8 Å². The van der Waals surface area contributed by atoms with Crippen molar-refractivity contribution in [2.45, 2.75) is 32.9 Å². The molecule has 0 spiro atoms. The van der Waals surface area contributed by atoms with Gasteiger partial charge < -0.3 is 20.7 Å². The molecule has 1 amide bonds. The summed E-state index contributed by atoms with van der Waals surface area (Å²) in [6, 6.07) is 4.90. The average Bonchev–Trinajstić information content (AvgIpc) is 3.20. The van der Waals surface area contributed by atoms with Crippen LogP contribution in [-0.4, -0.2) is 63.2 Å². The summed E-state index contributed by atoms with van der Waals surface area (Å²) in [5.74, 6) is 0.459. The number of aromatic nitrogens is 4. The normalized spacial score (nSPS) is 18.2. The number of piperazine rings is 1. The lowest BCUT2D eigenvalue weighted by molar-refractivity contribution is -0.138. The monoisotopic (exact) mass is 423 g/mol. The third-order valence-electron chi connectivity index (χ3n) is 5.71. The fourth-order valence-corrected chi connectivity index (χ4v) is 3.80. The maximum Gasteiger partial charge on any atom is 0.240 e. The number of ether oxygens (including phenoxy) is 1. The third-order valence-corrected chi connectivity index (χ3v) is 5.71. The Kier molecular flexibility index (Phi) is 5.63. The van der Waals surface area contributed by atoms with Crippen LogP contribution in [0.3, 0.4) is 0 Å². The topological polar surface area (TPSA) is 111 Å². The van der Waals surface area contributed by atoms with Gasteiger partial charge >= 0.3 is 0 Å². The molecule has 0 aromatic carbocycles. The van der Waals surface area contributed by atoms with E-state index in [2.05, 4.69) is 15.4 Å². The van der Waals surface area contributed by atoms with Crippen molar-refractivity contribution in [3.05, 3.63) is 42.5 Å². The molecule has 3 aromatic heterocycles. The molecule has 0 aliphatic carbocycles. The number of rotatable bonds is 4. The van der Waals surface area contributed by atoms with Gasteiger partial charge in [-0.15, -0.1) is 0 Å². The number of nitrogens with zero attached hydrogens (tertiary/aromatic N) is 5. The molecule has 0 saturated carbocycles. The Hall–Kier alpha value is -3.04. The van der Waals surface area contributed by atoms with Gasteiger partial charge in [-0.2, -0.15) is 5.10 Å². The second-order valence-electron chi connectivity index (χ2n) is 8.83. The number of carbonyl (C=O) groups excluding carboxylic acids is 1. The molecule has 31 heavy (non-hydrogen) atoms. The standard InChI is InChI=1S/C22H29N7O2/c1-22(2,3)18(23)21(30)28-11-9-24-13-17(28)16-7-10-29-19(27-16)15(12-26-29)14-6-5-8-25-20(14)31-4/h5-8,10,12,17-18,24H,9,11,13,23H2,1-4H3/t17?,18-/m1/s1. The zero-order valence-electron chi connectivity index (χ0n) is 18.4. The van der Waals surface area contributed by atoms with Gasteiger partial charge in [-0.3, -0.25) is 4.79 Å². The number of fused-ring (bicyclic) bond motifs is 1. The first-order valence-corrected chi connectivity index (χ1v) is 10.4. The Bertz CT molecular complexity index is 1090. The first-order chi connectivity index (χ1) is 14.8. The van der Waals surface area contributed by atoms with E-state index in [1.807, 2.05) is 50.1 Å². The third kappa shape index (κ3) is 3.98. The van der Waals surface area contributed by atoms with E-state index in [1.54, 1.807) is 24.0 Å². The van der Waals surface area contributed by atoms with E-state index in [0.717, 1.165) is 23.4 Å². The van der Waals surface area contributed by atoms with Gasteiger partial charge in [-0.1, -0.05) is 20.8 Å². The number of nitrogens with one attached hydrogen (secondary N) is 1. The lowest BCUT2D eigenvalue weighted by Gasteiger charge is -2.39. The molecule has 3 aromatic rings. The smallest absolute Gasteiger partial charge is 0.240 e. The molecule has 164 valence electrons. The lowest BCUT2D eigenvalue weighted by atomic mass is 9.86. The van der Waals surface area contributed by atoms with Crippen molar-refractivity contribution in [2.24, 2.45) is 11.1 Å². The van der Waals surface area contributed by atoms with Crippen molar-refractivity contribution >= 4 is 11.6 Å². The van der Waals surface area contributed by atoms with Crippen molar-refractivity contribution < 1.29 is 9.53 Å². The molecule has 1 fully saturated rings. The summed E-state index contributed by atoms with van der Waals surface area (Å²) in [6.45, 7) is 7.88. The Morgan fingerprint density at radius 3 is 2.87 bits per heavy atom. The summed E-state index contributed by atoms with van der Waals surface area (Å²) in [6.07, 6.45) is 5.30. The first kappa shape index (κ1) is 21.2. The van der Waals surface area contributed by atoms with Gasteiger partial charge in [0.05, 0.1) is 36.6 Å². The highest BCUT2D eigenvalue weighted by Crippen LogP contribution is 2.31. The van der Waals surface area contributed by atoms with E-state index in [1.165, 1.54) is 0 Å². The molecule has 4 heterocycles. The molecule has 1 saturated heterocycles. The van der Waals surface area contributed by atoms with E-state index in [4.69, 9.17) is 15.5 Å². The molecule has 1 aliphatic heterocycles. The highest BCUT2D eigenvalue weighted by Gasteiger charge is 2.36. The average molecular weight is 424 g/mol. The summed E-state index contributed by atoms with van der Waals surface area (Å²) >= 11 is 0. The number of hydrogen-bond donors (Lipinski definition) is 2. The predicted molar refractivity (Wildman–Crippen MR) is 118 cm³/mol. The molecule has 0 radical (unpaired) electrons. The van der Waals surface area contributed by atoms with Gasteiger partial charge in [-0.25, -0.2) is 14.5 Å². The van der Waals surface area contributed by atoms with Crippen molar-refractivity contribution in [3.63, 3.8) is 0 Å². The summed E-state index contributed by atoms with van der Waals surface area (Å²) in [5, 5.41) is 7.80. The molecule has 3 N–H and O–H groups in total. The minimum absolute atomic E-state index is 0.0525. The predicted octanol–water partition coefficient (Wildman–Crippen LogP) is 1.65. The molecular weight excluding hydrogens is 394 g/mol. The Labute approximate surface area is 181 Å². The Morgan fingerprint density at radius 1 is 1.32 bits per heavy atom. The molecule has 0 bridgehead atoms. The van der Waals surface area contributed by atoms with Gasteiger partial charge in [0.15, 0.2) is 5.65 Å². The summed E-state index contributed by atoms with van der Waals surface area (Å²) < 4.78 is 7.14. The summed E-state index contributed by atoms with van der Waals surface area (Å²) in [4.78, 5) is 24.3. The van der Waals surface area contributed by atoms with Crippen LogP contribution in [0.5, 0.6) is 5.88 Å².